The number of amides is 7. The molecular weight excluding hydrogens is 1000 g/mol. The number of anilines is 2. The number of likely N-dealkylation sites (N-methyl/N-ethyl adjacent to an activating group) is 2. The van der Waals surface area contributed by atoms with Gasteiger partial charge in [-0.1, -0.05) is 103 Å². The molecule has 79 heavy (non-hydrogen) atoms. The van der Waals surface area contributed by atoms with Gasteiger partial charge in [-0.3, -0.25) is 28.8 Å². The molecule has 6 rings (SSSR count). The number of nitrogens with one attached hydrogen (secondary N) is 5. The van der Waals surface area contributed by atoms with Crippen LogP contribution in [0.2, 0.25) is 0 Å². The van der Waals surface area contributed by atoms with E-state index in [2.05, 4.69) is 43.4 Å². The third kappa shape index (κ3) is 20.2. The van der Waals surface area contributed by atoms with Crippen LogP contribution in [0.3, 0.4) is 0 Å². The number of carbonyl (C=O) groups excluding carboxylic acids is 7. The summed E-state index contributed by atoms with van der Waals surface area (Å²) in [7, 11) is 4.09. The predicted molar refractivity (Wildman–Crippen MR) is 312 cm³/mol. The first kappa shape index (κ1) is 64.2. The Hall–Kier alpha value is -5.59. The molecule has 0 bridgehead atoms. The summed E-state index contributed by atoms with van der Waals surface area (Å²) < 4.78 is 5.48. The average molecular weight is 1100 g/mol. The van der Waals surface area contributed by atoms with E-state index in [0.717, 1.165) is 102 Å². The number of rotatable bonds is 19. The summed E-state index contributed by atoms with van der Waals surface area (Å²) in [6, 6.07) is 12.6. The van der Waals surface area contributed by atoms with Gasteiger partial charge in [-0.15, -0.1) is 0 Å². The first-order chi connectivity index (χ1) is 37.7. The van der Waals surface area contributed by atoms with Crippen LogP contribution in [0.15, 0.2) is 48.5 Å². The van der Waals surface area contributed by atoms with Gasteiger partial charge in [0.15, 0.2) is 0 Å². The molecular formula is C61H98N10O8. The molecule has 4 aliphatic rings. The van der Waals surface area contributed by atoms with E-state index in [0.29, 0.717) is 63.2 Å². The summed E-state index contributed by atoms with van der Waals surface area (Å²) in [5.74, 6) is -0.889. The number of hydrogen-bond donors (Lipinski definition) is 6. The van der Waals surface area contributed by atoms with Gasteiger partial charge in [-0.25, -0.2) is 4.79 Å². The largest absolute Gasteiger partial charge is 0.444 e. The lowest BCUT2D eigenvalue weighted by Crippen LogP contribution is -2.56. The van der Waals surface area contributed by atoms with E-state index in [1.807, 2.05) is 79.2 Å². The molecule has 2 aromatic carbocycles. The van der Waals surface area contributed by atoms with Gasteiger partial charge in [0.05, 0.1) is 6.04 Å². The first-order valence-electron chi connectivity index (χ1n) is 29.9. The lowest BCUT2D eigenvalue weighted by atomic mass is 9.87. The van der Waals surface area contributed by atoms with Crippen LogP contribution < -0.4 is 32.3 Å². The molecule has 2 aliphatic carbocycles. The molecule has 2 saturated carbocycles. The van der Waals surface area contributed by atoms with Crippen molar-refractivity contribution in [1.82, 2.24) is 35.6 Å². The fraction of sp³-hybridized carbons (Fsp3) is 0.689. The Morgan fingerprint density at radius 2 is 0.899 bits per heavy atom. The van der Waals surface area contributed by atoms with Gasteiger partial charge in [0.1, 0.15) is 23.7 Å². The molecule has 7 amide bonds. The maximum atomic E-state index is 13.7. The number of ether oxygens (including phenoxy) is 1. The van der Waals surface area contributed by atoms with E-state index in [9.17, 15) is 33.6 Å². The normalized spacial score (nSPS) is 19.5. The minimum Gasteiger partial charge on any atom is -0.444 e. The minimum atomic E-state index is -0.703. The van der Waals surface area contributed by atoms with Gasteiger partial charge in [0.2, 0.25) is 35.4 Å². The van der Waals surface area contributed by atoms with Crippen LogP contribution in [-0.4, -0.2) is 157 Å². The van der Waals surface area contributed by atoms with E-state index in [1.54, 1.807) is 34.6 Å². The SMILES string of the molecule is CCC(=O)N[C@@H](C(=O)N1CCN(C)CC1)[C@@H](CC)c1ccc(NC(=O)[C@@H](N)C2CCCCCC2)cc1.CCC(=O)N[C@@H](C(=O)N1CCN(C)CC1)[C@@H](CC)c1ccc(NC(=O)[C@@H](NC(=O)OC(C)(C)C)C2CCCCCC2)cc1. The molecule has 7 N–H and O–H groups in total. The Bertz CT molecular complexity index is 2240. The molecule has 4 fully saturated rings. The van der Waals surface area contributed by atoms with E-state index in [-0.39, 0.29) is 59.1 Å². The van der Waals surface area contributed by atoms with Gasteiger partial charge in [0.25, 0.3) is 0 Å². The van der Waals surface area contributed by atoms with E-state index in [4.69, 9.17) is 10.5 Å². The van der Waals surface area contributed by atoms with Crippen molar-refractivity contribution in [1.29, 1.82) is 0 Å². The second-order valence-corrected chi connectivity index (χ2v) is 23.5. The lowest BCUT2D eigenvalue weighted by molar-refractivity contribution is -0.138. The molecule has 2 saturated heterocycles. The maximum Gasteiger partial charge on any atom is 0.408 e. The second kappa shape index (κ2) is 32.0. The third-order valence-electron chi connectivity index (χ3n) is 16.4. The van der Waals surface area contributed by atoms with Crippen molar-refractivity contribution in [2.75, 3.05) is 77.1 Å². The Morgan fingerprint density at radius 3 is 1.25 bits per heavy atom. The van der Waals surface area contributed by atoms with Gasteiger partial charge >= 0.3 is 6.09 Å². The summed E-state index contributed by atoms with van der Waals surface area (Å²) in [5.41, 5.74) is 8.84. The van der Waals surface area contributed by atoms with Crippen molar-refractivity contribution in [3.8, 4) is 0 Å². The number of hydrogen-bond acceptors (Lipinski definition) is 11. The van der Waals surface area contributed by atoms with Gasteiger partial charge in [0, 0.05) is 88.4 Å². The molecule has 2 aromatic rings. The predicted octanol–water partition coefficient (Wildman–Crippen LogP) is 7.74. The molecule has 18 nitrogen and oxygen atoms in total. The van der Waals surface area contributed by atoms with Crippen molar-refractivity contribution in [2.24, 2.45) is 17.6 Å². The molecule has 0 aromatic heterocycles. The molecule has 0 radical (unpaired) electrons. The summed E-state index contributed by atoms with van der Waals surface area (Å²) in [5, 5.41) is 14.8. The number of carbonyl (C=O) groups is 7. The lowest BCUT2D eigenvalue weighted by Gasteiger charge is -2.37. The monoisotopic (exact) mass is 1100 g/mol. The van der Waals surface area contributed by atoms with Crippen molar-refractivity contribution in [3.63, 3.8) is 0 Å². The van der Waals surface area contributed by atoms with Gasteiger partial charge in [-0.2, -0.15) is 0 Å². The van der Waals surface area contributed by atoms with Crippen molar-refractivity contribution in [2.45, 2.75) is 193 Å². The molecule has 2 heterocycles. The maximum absolute atomic E-state index is 13.7. The fourth-order valence-corrected chi connectivity index (χ4v) is 11.4. The molecule has 0 spiro atoms. The molecule has 6 atom stereocenters. The van der Waals surface area contributed by atoms with Crippen LogP contribution in [0.1, 0.15) is 174 Å². The third-order valence-corrected chi connectivity index (χ3v) is 16.4. The number of benzene rings is 2. The average Bonchev–Trinajstić information content (AvgIpc) is 3.90. The van der Waals surface area contributed by atoms with Gasteiger partial charge in [-0.05, 0) is 121 Å². The number of alkyl carbamates (subject to hydrolysis) is 1. The Morgan fingerprint density at radius 1 is 0.532 bits per heavy atom. The van der Waals surface area contributed by atoms with Crippen molar-refractivity contribution >= 4 is 52.9 Å². The van der Waals surface area contributed by atoms with Crippen LogP contribution in [-0.2, 0) is 33.5 Å². The number of nitrogens with two attached hydrogens (primary N) is 1. The molecule has 440 valence electrons. The van der Waals surface area contributed by atoms with Crippen molar-refractivity contribution < 1.29 is 38.3 Å². The minimum absolute atomic E-state index is 0.0245. The van der Waals surface area contributed by atoms with Crippen LogP contribution in [0.4, 0.5) is 16.2 Å². The highest BCUT2D eigenvalue weighted by Crippen LogP contribution is 2.31. The van der Waals surface area contributed by atoms with Crippen LogP contribution >= 0.6 is 0 Å². The molecule has 18 heteroatoms. The highest BCUT2D eigenvalue weighted by Gasteiger charge is 2.37. The Kier molecular flexibility index (Phi) is 26.0. The van der Waals surface area contributed by atoms with E-state index in [1.165, 1.54) is 12.8 Å². The summed E-state index contributed by atoms with van der Waals surface area (Å²) in [6.07, 6.45) is 14.2. The van der Waals surface area contributed by atoms with E-state index < -0.39 is 35.9 Å². The fourth-order valence-electron chi connectivity index (χ4n) is 11.4. The van der Waals surface area contributed by atoms with Gasteiger partial charge < -0.3 is 56.7 Å². The summed E-state index contributed by atoms with van der Waals surface area (Å²) >= 11 is 0. The van der Waals surface area contributed by atoms with Crippen LogP contribution in [0.5, 0.6) is 0 Å². The molecule has 0 unspecified atom stereocenters. The Balaban J connectivity index is 0.000000295. The topological polar surface area (TPSA) is 228 Å². The quantitative estimate of drug-likeness (QED) is 0.0746. The zero-order valence-electron chi connectivity index (χ0n) is 49.3. The standard InChI is InChI=1S/C33H53N5O5.C28H45N5O3/c1-7-26(29(35-27(39)8-2)31(41)38-21-19-37(6)20-22-38)23-15-17-25(18-16-23)34-30(40)28(24-13-11-9-10-12-14-24)36-32(42)43-33(3,4)5;1-4-23(26(31-24(34)5-2)28(36)33-18-16-32(3)17-19-33)20-12-14-22(15-13-20)30-27(35)25(29)21-10-8-6-7-9-11-21/h15-18,24,26,28-29H,7-14,19-22H2,1-6H3,(H,34,40)(H,35,39)(H,36,42);12-15,21,23,25-26H,4-11,16-19,29H2,1-3H3,(H,30,35)(H,31,34)/t26-,28-,29+;23-,25-,26+/m00/s1. The van der Waals surface area contributed by atoms with Crippen molar-refractivity contribution in [3.05, 3.63) is 59.7 Å². The Labute approximate surface area is 472 Å². The first-order valence-corrected chi connectivity index (χ1v) is 29.9. The second-order valence-electron chi connectivity index (χ2n) is 23.5. The zero-order chi connectivity index (χ0) is 57.6. The van der Waals surface area contributed by atoms with Crippen LogP contribution in [0, 0.1) is 11.8 Å². The van der Waals surface area contributed by atoms with Crippen LogP contribution in [0.25, 0.3) is 0 Å². The summed E-state index contributed by atoms with van der Waals surface area (Å²) in [6.45, 7) is 18.9. The number of nitrogens with zero attached hydrogens (tertiary/aromatic N) is 4. The highest BCUT2D eigenvalue weighted by molar-refractivity contribution is 5.97. The highest BCUT2D eigenvalue weighted by atomic mass is 16.6. The zero-order valence-corrected chi connectivity index (χ0v) is 49.3. The smallest absolute Gasteiger partial charge is 0.408 e. The number of piperazine rings is 2. The summed E-state index contributed by atoms with van der Waals surface area (Å²) in [4.78, 5) is 99.2. The molecule has 2 aliphatic heterocycles. The van der Waals surface area contributed by atoms with E-state index >= 15 is 0 Å².